The molecule has 0 nitrogen and oxygen atoms in total. The van der Waals surface area contributed by atoms with Crippen LogP contribution in [0.15, 0.2) is 11.6 Å². The van der Waals surface area contributed by atoms with Crippen molar-refractivity contribution in [1.82, 2.24) is 0 Å². The Kier molecular flexibility index (Phi) is 3.19. The third kappa shape index (κ3) is 5.83. The minimum Gasteiger partial charge on any atom is -0.0890 e. The summed E-state index contributed by atoms with van der Waals surface area (Å²) in [6.07, 6.45) is 2.22. The zero-order valence-electron chi connectivity index (χ0n) is 7.28. The molecule has 0 aromatic heterocycles. The summed E-state index contributed by atoms with van der Waals surface area (Å²) in [6.45, 7) is 11.5. The Morgan fingerprint density at radius 2 is 1.78 bits per heavy atom. The molecule has 0 fully saturated rings. The maximum absolute atomic E-state index is 2.40. The van der Waals surface area contributed by atoms with Crippen LogP contribution < -0.4 is 0 Å². The first kappa shape index (κ1) is 8.96. The van der Waals surface area contributed by atoms with Crippen LogP contribution in [-0.4, -0.2) is 8.07 Å². The van der Waals surface area contributed by atoms with Crippen LogP contribution in [0.1, 0.15) is 13.8 Å². The van der Waals surface area contributed by atoms with Gasteiger partial charge in [-0.05, 0) is 19.9 Å². The van der Waals surface area contributed by atoms with Crippen LogP contribution in [0.5, 0.6) is 0 Å². The lowest BCUT2D eigenvalue weighted by molar-refractivity contribution is 1.30. The predicted octanol–water partition coefficient (Wildman–Crippen LogP) is 3.29. The highest BCUT2D eigenvalue weighted by molar-refractivity contribution is 6.76. The first-order chi connectivity index (χ1) is 3.95. The molecule has 9 heavy (non-hydrogen) atoms. The lowest BCUT2D eigenvalue weighted by Gasteiger charge is -2.15. The minimum absolute atomic E-state index is 0.810. The second-order valence-electron chi connectivity index (χ2n) is 3.87. The summed E-state index contributed by atoms with van der Waals surface area (Å²) >= 11 is 0. The smallest absolute Gasteiger partial charge is 0.0483 e. The summed E-state index contributed by atoms with van der Waals surface area (Å²) < 4.78 is 0. The van der Waals surface area contributed by atoms with Gasteiger partial charge in [0.25, 0.3) is 0 Å². The first-order valence-corrected chi connectivity index (χ1v) is 7.28. The van der Waals surface area contributed by atoms with Crippen molar-refractivity contribution >= 4 is 8.07 Å². The van der Waals surface area contributed by atoms with Gasteiger partial charge >= 0.3 is 0 Å². The van der Waals surface area contributed by atoms with Crippen molar-refractivity contribution in [2.24, 2.45) is 0 Å². The van der Waals surface area contributed by atoms with Gasteiger partial charge in [0, 0.05) is 8.07 Å². The van der Waals surface area contributed by atoms with E-state index in [1.54, 1.807) is 5.57 Å². The molecule has 0 radical (unpaired) electrons. The molecule has 0 saturated carbocycles. The second kappa shape index (κ2) is 3.21. The van der Waals surface area contributed by atoms with Gasteiger partial charge in [-0.25, -0.2) is 0 Å². The van der Waals surface area contributed by atoms with Gasteiger partial charge in [-0.3, -0.25) is 0 Å². The SMILES string of the molecule is CC=C(C)C[Si](C)(C)C. The fraction of sp³-hybridized carbons (Fsp3) is 0.750. The van der Waals surface area contributed by atoms with Crippen molar-refractivity contribution in [3.8, 4) is 0 Å². The van der Waals surface area contributed by atoms with Crippen molar-refractivity contribution in [1.29, 1.82) is 0 Å². The molecule has 54 valence electrons. The predicted molar refractivity (Wildman–Crippen MR) is 47.6 cm³/mol. The normalized spacial score (nSPS) is 14.1. The van der Waals surface area contributed by atoms with Crippen LogP contribution in [0, 0.1) is 0 Å². The average molecular weight is 142 g/mol. The van der Waals surface area contributed by atoms with Gasteiger partial charge in [0.15, 0.2) is 0 Å². The van der Waals surface area contributed by atoms with Crippen LogP contribution in [0.25, 0.3) is 0 Å². The molecule has 0 spiro atoms. The number of allylic oxidation sites excluding steroid dienone is 2. The lowest BCUT2D eigenvalue weighted by Crippen LogP contribution is -2.19. The molecule has 0 N–H and O–H groups in total. The molecular weight excluding hydrogens is 124 g/mol. The number of hydrogen-bond acceptors (Lipinski definition) is 0. The zero-order valence-corrected chi connectivity index (χ0v) is 8.28. The molecule has 1 heteroatoms. The largest absolute Gasteiger partial charge is 0.0890 e. The second-order valence-corrected chi connectivity index (χ2v) is 9.35. The van der Waals surface area contributed by atoms with E-state index >= 15 is 0 Å². The van der Waals surface area contributed by atoms with Crippen molar-refractivity contribution < 1.29 is 0 Å². The van der Waals surface area contributed by atoms with Crippen LogP contribution >= 0.6 is 0 Å². The van der Waals surface area contributed by atoms with Crippen LogP contribution in [0.4, 0.5) is 0 Å². The van der Waals surface area contributed by atoms with Crippen molar-refractivity contribution in [3.63, 3.8) is 0 Å². The highest BCUT2D eigenvalue weighted by Crippen LogP contribution is 2.14. The van der Waals surface area contributed by atoms with E-state index in [0.717, 1.165) is 0 Å². The summed E-state index contributed by atoms with van der Waals surface area (Å²) in [4.78, 5) is 0. The Balaban J connectivity index is 3.75. The molecule has 0 aliphatic rings. The molecule has 0 aliphatic carbocycles. The molecule has 0 unspecified atom stereocenters. The Morgan fingerprint density at radius 1 is 1.33 bits per heavy atom. The van der Waals surface area contributed by atoms with Crippen molar-refractivity contribution in [3.05, 3.63) is 11.6 Å². The molecule has 0 rings (SSSR count). The van der Waals surface area contributed by atoms with Gasteiger partial charge in [0.1, 0.15) is 0 Å². The fourth-order valence-electron chi connectivity index (χ4n) is 0.939. The third-order valence-corrected chi connectivity index (χ3v) is 2.92. The van der Waals surface area contributed by atoms with Crippen LogP contribution in [0.2, 0.25) is 25.7 Å². The van der Waals surface area contributed by atoms with Crippen molar-refractivity contribution in [2.45, 2.75) is 39.5 Å². The highest BCUT2D eigenvalue weighted by atomic mass is 28.3. The van der Waals surface area contributed by atoms with Gasteiger partial charge in [0.05, 0.1) is 0 Å². The lowest BCUT2D eigenvalue weighted by atomic mass is 10.3. The molecule has 0 atom stereocenters. The van der Waals surface area contributed by atoms with Crippen molar-refractivity contribution in [2.75, 3.05) is 0 Å². The molecule has 0 amide bonds. The van der Waals surface area contributed by atoms with E-state index in [-0.39, 0.29) is 0 Å². The molecule has 0 heterocycles. The molecule has 0 bridgehead atoms. The summed E-state index contributed by atoms with van der Waals surface area (Å²) in [6, 6.07) is 1.35. The molecule has 0 aromatic carbocycles. The van der Waals surface area contributed by atoms with Gasteiger partial charge < -0.3 is 0 Å². The Hall–Kier alpha value is -0.0431. The number of rotatable bonds is 2. The van der Waals surface area contributed by atoms with Crippen LogP contribution in [-0.2, 0) is 0 Å². The van der Waals surface area contributed by atoms with Gasteiger partial charge in [-0.1, -0.05) is 31.3 Å². The Bertz CT molecular complexity index is 106. The van der Waals surface area contributed by atoms with E-state index in [4.69, 9.17) is 0 Å². The standard InChI is InChI=1S/C8H18Si/c1-6-8(2)7-9(3,4)5/h6H,7H2,1-5H3. The third-order valence-electron chi connectivity index (χ3n) is 1.30. The maximum atomic E-state index is 2.40. The van der Waals surface area contributed by atoms with Gasteiger partial charge in [-0.2, -0.15) is 0 Å². The van der Waals surface area contributed by atoms with E-state index in [1.165, 1.54) is 6.04 Å². The monoisotopic (exact) mass is 142 g/mol. The van der Waals surface area contributed by atoms with E-state index in [2.05, 4.69) is 39.6 Å². The number of hydrogen-bond donors (Lipinski definition) is 0. The zero-order chi connectivity index (χ0) is 7.49. The highest BCUT2D eigenvalue weighted by Gasteiger charge is 2.12. The fourth-order valence-corrected chi connectivity index (χ4v) is 2.82. The molecule has 0 aromatic rings. The molecule has 0 saturated heterocycles. The van der Waals surface area contributed by atoms with E-state index in [1.807, 2.05) is 0 Å². The summed E-state index contributed by atoms with van der Waals surface area (Å²) in [5.74, 6) is 0. The maximum Gasteiger partial charge on any atom is 0.0483 e. The minimum atomic E-state index is -0.810. The summed E-state index contributed by atoms with van der Waals surface area (Å²) in [7, 11) is -0.810. The van der Waals surface area contributed by atoms with Gasteiger partial charge in [-0.15, -0.1) is 0 Å². The van der Waals surface area contributed by atoms with Crippen LogP contribution in [0.3, 0.4) is 0 Å². The van der Waals surface area contributed by atoms with E-state index < -0.39 is 8.07 Å². The quantitative estimate of drug-likeness (QED) is 0.410. The first-order valence-electron chi connectivity index (χ1n) is 3.57. The van der Waals surface area contributed by atoms with Gasteiger partial charge in [0.2, 0.25) is 0 Å². The summed E-state index contributed by atoms with van der Waals surface area (Å²) in [5.41, 5.74) is 1.55. The Morgan fingerprint density at radius 3 is 1.89 bits per heavy atom. The topological polar surface area (TPSA) is 0 Å². The van der Waals surface area contributed by atoms with E-state index in [9.17, 15) is 0 Å². The molecule has 0 aliphatic heterocycles. The van der Waals surface area contributed by atoms with E-state index in [0.29, 0.717) is 0 Å². The average Bonchev–Trinajstić information content (AvgIpc) is 1.62. The summed E-state index contributed by atoms with van der Waals surface area (Å²) in [5, 5.41) is 0. The Labute approximate surface area is 60.0 Å². The molecular formula is C8H18Si.